The first kappa shape index (κ1) is 12.9. The third-order valence-corrected chi connectivity index (χ3v) is 1.70. The maximum Gasteiger partial charge on any atom is 0.328 e. The Morgan fingerprint density at radius 1 is 1.43 bits per heavy atom. The van der Waals surface area contributed by atoms with Crippen LogP contribution in [0.15, 0.2) is 0 Å². The van der Waals surface area contributed by atoms with Crippen molar-refractivity contribution < 1.29 is 19.1 Å². The summed E-state index contributed by atoms with van der Waals surface area (Å²) in [6.45, 7) is 1.59. The second-order valence-electron chi connectivity index (χ2n) is 2.71. The summed E-state index contributed by atoms with van der Waals surface area (Å²) in [4.78, 5) is 22.2. The van der Waals surface area contributed by atoms with Crippen molar-refractivity contribution in [3.05, 3.63) is 0 Å². The van der Waals surface area contributed by atoms with E-state index >= 15 is 0 Å². The van der Waals surface area contributed by atoms with Crippen molar-refractivity contribution in [3.8, 4) is 0 Å². The predicted molar refractivity (Wildman–Crippen MR) is 49.5 cm³/mol. The van der Waals surface area contributed by atoms with E-state index in [-0.39, 0.29) is 6.54 Å². The molecule has 0 heterocycles. The fraction of sp³-hybridized carbons (Fsp3) is 0.750. The Kier molecular flexibility index (Phi) is 5.82. The number of carbonyl (C=O) groups is 2. The maximum atomic E-state index is 11.3. The molecule has 0 fully saturated rings. The first-order valence-corrected chi connectivity index (χ1v) is 4.17. The summed E-state index contributed by atoms with van der Waals surface area (Å²) in [6, 6.07) is -0.698. The SMILES string of the molecule is COC(=O)[C@H](C)NC(=O)C(CN)OC. The molecular formula is C8H16N2O4. The van der Waals surface area contributed by atoms with E-state index in [0.29, 0.717) is 0 Å². The van der Waals surface area contributed by atoms with Crippen molar-refractivity contribution >= 4 is 11.9 Å². The molecular weight excluding hydrogens is 188 g/mol. The van der Waals surface area contributed by atoms with Crippen LogP contribution < -0.4 is 11.1 Å². The van der Waals surface area contributed by atoms with Crippen molar-refractivity contribution in [2.24, 2.45) is 5.73 Å². The molecule has 0 bridgehead atoms. The summed E-state index contributed by atoms with van der Waals surface area (Å²) in [5.41, 5.74) is 5.27. The van der Waals surface area contributed by atoms with Crippen LogP contribution in [0.1, 0.15) is 6.92 Å². The molecule has 0 aromatic heterocycles. The third-order valence-electron chi connectivity index (χ3n) is 1.70. The Balaban J connectivity index is 4.10. The van der Waals surface area contributed by atoms with Gasteiger partial charge in [0.1, 0.15) is 12.1 Å². The van der Waals surface area contributed by atoms with E-state index in [1.807, 2.05) is 0 Å². The Morgan fingerprint density at radius 3 is 2.36 bits per heavy atom. The third kappa shape index (κ3) is 3.71. The second-order valence-corrected chi connectivity index (χ2v) is 2.71. The van der Waals surface area contributed by atoms with Gasteiger partial charge in [0.25, 0.3) is 5.91 Å². The summed E-state index contributed by atoms with van der Waals surface area (Å²) in [7, 11) is 2.63. The van der Waals surface area contributed by atoms with E-state index in [1.165, 1.54) is 21.1 Å². The van der Waals surface area contributed by atoms with Gasteiger partial charge in [0.2, 0.25) is 0 Å². The van der Waals surface area contributed by atoms with Gasteiger partial charge in [-0.05, 0) is 6.92 Å². The zero-order chi connectivity index (χ0) is 11.1. The molecule has 0 saturated heterocycles. The minimum absolute atomic E-state index is 0.0657. The van der Waals surface area contributed by atoms with Crippen LogP contribution in [-0.4, -0.2) is 44.8 Å². The average Bonchev–Trinajstić information content (AvgIpc) is 2.18. The van der Waals surface area contributed by atoms with Gasteiger partial charge in [-0.2, -0.15) is 0 Å². The van der Waals surface area contributed by atoms with E-state index in [2.05, 4.69) is 10.1 Å². The van der Waals surface area contributed by atoms with Crippen molar-refractivity contribution in [2.75, 3.05) is 20.8 Å². The average molecular weight is 204 g/mol. The van der Waals surface area contributed by atoms with Crippen molar-refractivity contribution in [3.63, 3.8) is 0 Å². The van der Waals surface area contributed by atoms with Gasteiger partial charge in [-0.25, -0.2) is 4.79 Å². The number of rotatable bonds is 5. The van der Waals surface area contributed by atoms with Gasteiger partial charge in [0.05, 0.1) is 7.11 Å². The highest BCUT2D eigenvalue weighted by molar-refractivity contribution is 5.86. The molecule has 0 aliphatic rings. The van der Waals surface area contributed by atoms with Gasteiger partial charge >= 0.3 is 5.97 Å². The molecule has 0 spiro atoms. The lowest BCUT2D eigenvalue weighted by molar-refractivity contribution is -0.146. The summed E-state index contributed by atoms with van der Waals surface area (Å²) < 4.78 is 9.22. The number of hydrogen-bond donors (Lipinski definition) is 2. The zero-order valence-corrected chi connectivity index (χ0v) is 8.57. The molecule has 6 nitrogen and oxygen atoms in total. The van der Waals surface area contributed by atoms with Gasteiger partial charge < -0.3 is 20.5 Å². The number of amides is 1. The molecule has 1 unspecified atom stereocenters. The molecule has 82 valence electrons. The van der Waals surface area contributed by atoms with E-state index in [1.54, 1.807) is 0 Å². The van der Waals surface area contributed by atoms with Gasteiger partial charge in [0, 0.05) is 13.7 Å². The largest absolute Gasteiger partial charge is 0.467 e. The first-order valence-electron chi connectivity index (χ1n) is 4.17. The van der Waals surface area contributed by atoms with Gasteiger partial charge in [-0.1, -0.05) is 0 Å². The summed E-state index contributed by atoms with van der Waals surface area (Å²) in [5, 5.41) is 2.41. The maximum absolute atomic E-state index is 11.3. The standard InChI is InChI=1S/C8H16N2O4/c1-5(8(12)14-3)10-7(11)6(4-9)13-2/h5-6H,4,9H2,1-3H3,(H,10,11)/t5-,6?/m0/s1. The molecule has 3 N–H and O–H groups in total. The van der Waals surface area contributed by atoms with Crippen LogP contribution in [0.4, 0.5) is 0 Å². The van der Waals surface area contributed by atoms with Crippen LogP contribution in [0.3, 0.4) is 0 Å². The van der Waals surface area contributed by atoms with E-state index in [9.17, 15) is 9.59 Å². The minimum atomic E-state index is -0.734. The van der Waals surface area contributed by atoms with Crippen LogP contribution in [0.5, 0.6) is 0 Å². The van der Waals surface area contributed by atoms with Crippen molar-refractivity contribution in [1.82, 2.24) is 5.32 Å². The lowest BCUT2D eigenvalue weighted by Crippen LogP contribution is -2.47. The molecule has 0 aliphatic heterocycles. The molecule has 2 atom stereocenters. The fourth-order valence-electron chi connectivity index (χ4n) is 0.852. The van der Waals surface area contributed by atoms with E-state index in [4.69, 9.17) is 10.5 Å². The molecule has 0 saturated carbocycles. The lowest BCUT2D eigenvalue weighted by atomic mass is 10.3. The normalized spacial score (nSPS) is 14.3. The van der Waals surface area contributed by atoms with Gasteiger partial charge in [0.15, 0.2) is 0 Å². The minimum Gasteiger partial charge on any atom is -0.467 e. The number of nitrogens with two attached hydrogens (primary N) is 1. The monoisotopic (exact) mass is 204 g/mol. The van der Waals surface area contributed by atoms with Crippen LogP contribution in [0.2, 0.25) is 0 Å². The van der Waals surface area contributed by atoms with Crippen LogP contribution >= 0.6 is 0 Å². The quantitative estimate of drug-likeness (QED) is 0.540. The zero-order valence-electron chi connectivity index (χ0n) is 8.57. The highest BCUT2D eigenvalue weighted by Crippen LogP contribution is 1.91. The number of nitrogens with one attached hydrogen (secondary N) is 1. The Bertz CT molecular complexity index is 204. The van der Waals surface area contributed by atoms with Crippen LogP contribution in [0, 0.1) is 0 Å². The lowest BCUT2D eigenvalue weighted by Gasteiger charge is -2.16. The first-order chi connectivity index (χ1) is 6.56. The smallest absolute Gasteiger partial charge is 0.328 e. The molecule has 0 radical (unpaired) electrons. The van der Waals surface area contributed by atoms with Gasteiger partial charge in [-0.15, -0.1) is 0 Å². The molecule has 6 heteroatoms. The fourth-order valence-corrected chi connectivity index (χ4v) is 0.852. The topological polar surface area (TPSA) is 90.7 Å². The van der Waals surface area contributed by atoms with Gasteiger partial charge in [-0.3, -0.25) is 4.79 Å². The number of hydrogen-bond acceptors (Lipinski definition) is 5. The summed E-state index contributed by atoms with van der Waals surface area (Å²) >= 11 is 0. The highest BCUT2D eigenvalue weighted by Gasteiger charge is 2.21. The van der Waals surface area contributed by atoms with E-state index < -0.39 is 24.0 Å². The Labute approximate surface area is 82.7 Å². The predicted octanol–water partition coefficient (Wildman–Crippen LogP) is -1.36. The highest BCUT2D eigenvalue weighted by atomic mass is 16.5. The summed E-state index contributed by atoms with van der Waals surface area (Å²) in [6.07, 6.45) is -0.734. The Hall–Kier alpha value is -1.14. The summed E-state index contributed by atoms with van der Waals surface area (Å²) in [5.74, 6) is -0.932. The van der Waals surface area contributed by atoms with Crippen LogP contribution in [0.25, 0.3) is 0 Å². The molecule has 0 aromatic rings. The Morgan fingerprint density at radius 2 is 2.00 bits per heavy atom. The van der Waals surface area contributed by atoms with Crippen LogP contribution in [-0.2, 0) is 19.1 Å². The molecule has 0 aliphatic carbocycles. The molecule has 1 amide bonds. The second kappa shape index (κ2) is 6.33. The molecule has 14 heavy (non-hydrogen) atoms. The van der Waals surface area contributed by atoms with Crippen molar-refractivity contribution in [2.45, 2.75) is 19.1 Å². The van der Waals surface area contributed by atoms with E-state index in [0.717, 1.165) is 0 Å². The number of ether oxygens (including phenoxy) is 2. The number of methoxy groups -OCH3 is 2. The molecule has 0 rings (SSSR count). The number of esters is 1. The van der Waals surface area contributed by atoms with Crippen molar-refractivity contribution in [1.29, 1.82) is 0 Å². The number of carbonyl (C=O) groups excluding carboxylic acids is 2. The molecule has 0 aromatic carbocycles.